The van der Waals surface area contributed by atoms with Gasteiger partial charge in [-0.25, -0.2) is 0 Å². The van der Waals surface area contributed by atoms with E-state index in [9.17, 15) is 4.79 Å². The Morgan fingerprint density at radius 1 is 1.24 bits per heavy atom. The van der Waals surface area contributed by atoms with Crippen molar-refractivity contribution < 1.29 is 4.79 Å². The summed E-state index contributed by atoms with van der Waals surface area (Å²) in [5, 5.41) is 0. The molecule has 0 N–H and O–H groups in total. The Morgan fingerprint density at radius 3 is 2.59 bits per heavy atom. The maximum absolute atomic E-state index is 11.1. The first kappa shape index (κ1) is 12.3. The standard InChI is InChI=1S/C13H10BrNOS/c1-9(16)12-7-6-10(8-15-12)17-13-5-3-2-4-11(13)14/h2-8H,1H3. The van der Waals surface area contributed by atoms with E-state index in [0.29, 0.717) is 5.69 Å². The molecule has 0 radical (unpaired) electrons. The van der Waals surface area contributed by atoms with Gasteiger partial charge in [-0.15, -0.1) is 0 Å². The van der Waals surface area contributed by atoms with Gasteiger partial charge < -0.3 is 0 Å². The molecule has 0 atom stereocenters. The van der Waals surface area contributed by atoms with Gasteiger partial charge in [0, 0.05) is 27.4 Å². The number of pyridine rings is 1. The molecule has 0 unspecified atom stereocenters. The zero-order valence-electron chi connectivity index (χ0n) is 9.18. The van der Waals surface area contributed by atoms with E-state index < -0.39 is 0 Å². The van der Waals surface area contributed by atoms with Crippen LogP contribution in [0.3, 0.4) is 0 Å². The summed E-state index contributed by atoms with van der Waals surface area (Å²) in [6.45, 7) is 1.52. The van der Waals surface area contributed by atoms with Crippen LogP contribution in [0.2, 0.25) is 0 Å². The van der Waals surface area contributed by atoms with Crippen molar-refractivity contribution in [3.05, 3.63) is 52.8 Å². The number of carbonyl (C=O) groups is 1. The van der Waals surface area contributed by atoms with Gasteiger partial charge >= 0.3 is 0 Å². The van der Waals surface area contributed by atoms with Crippen molar-refractivity contribution in [3.8, 4) is 0 Å². The minimum Gasteiger partial charge on any atom is -0.293 e. The topological polar surface area (TPSA) is 30.0 Å². The molecule has 2 rings (SSSR count). The quantitative estimate of drug-likeness (QED) is 0.796. The molecule has 0 amide bonds. The molecule has 2 aromatic rings. The van der Waals surface area contributed by atoms with Crippen LogP contribution >= 0.6 is 27.7 Å². The SMILES string of the molecule is CC(=O)c1ccc(Sc2ccccc2Br)cn1. The Morgan fingerprint density at radius 2 is 2.00 bits per heavy atom. The monoisotopic (exact) mass is 307 g/mol. The second-order valence-electron chi connectivity index (χ2n) is 3.47. The lowest BCUT2D eigenvalue weighted by Crippen LogP contribution is -1.95. The van der Waals surface area contributed by atoms with Crippen molar-refractivity contribution in [2.24, 2.45) is 0 Å². The summed E-state index contributed by atoms with van der Waals surface area (Å²) in [4.78, 5) is 17.4. The fraction of sp³-hybridized carbons (Fsp3) is 0.0769. The Balaban J connectivity index is 2.20. The lowest BCUT2D eigenvalue weighted by atomic mass is 10.3. The summed E-state index contributed by atoms with van der Waals surface area (Å²) in [6.07, 6.45) is 1.72. The lowest BCUT2D eigenvalue weighted by Gasteiger charge is -2.03. The van der Waals surface area contributed by atoms with E-state index in [1.54, 1.807) is 24.0 Å². The molecule has 0 aliphatic carbocycles. The average molecular weight is 308 g/mol. The molecule has 0 spiro atoms. The van der Waals surface area contributed by atoms with E-state index in [0.717, 1.165) is 14.3 Å². The number of aromatic nitrogens is 1. The van der Waals surface area contributed by atoms with Gasteiger partial charge in [0.25, 0.3) is 0 Å². The summed E-state index contributed by atoms with van der Waals surface area (Å²) in [6, 6.07) is 11.7. The van der Waals surface area contributed by atoms with Crippen LogP contribution in [0.4, 0.5) is 0 Å². The Bertz CT molecular complexity index is 539. The highest BCUT2D eigenvalue weighted by Gasteiger charge is 2.04. The van der Waals surface area contributed by atoms with E-state index in [2.05, 4.69) is 20.9 Å². The molecule has 0 aliphatic heterocycles. The van der Waals surface area contributed by atoms with Crippen LogP contribution in [0.1, 0.15) is 17.4 Å². The largest absolute Gasteiger partial charge is 0.293 e. The average Bonchev–Trinajstić information content (AvgIpc) is 2.33. The second kappa shape index (κ2) is 5.47. The molecule has 0 saturated carbocycles. The Hall–Kier alpha value is -1.13. The van der Waals surface area contributed by atoms with E-state index >= 15 is 0 Å². The number of nitrogens with zero attached hydrogens (tertiary/aromatic N) is 1. The number of hydrogen-bond acceptors (Lipinski definition) is 3. The third-order valence-corrected chi connectivity index (χ3v) is 4.17. The number of rotatable bonds is 3. The molecule has 86 valence electrons. The van der Waals surface area contributed by atoms with E-state index in [-0.39, 0.29) is 5.78 Å². The van der Waals surface area contributed by atoms with E-state index in [4.69, 9.17) is 0 Å². The smallest absolute Gasteiger partial charge is 0.178 e. The van der Waals surface area contributed by atoms with Gasteiger partial charge in [-0.1, -0.05) is 23.9 Å². The maximum atomic E-state index is 11.1. The number of benzene rings is 1. The highest BCUT2D eigenvalue weighted by Crippen LogP contribution is 2.32. The Labute approximate surface area is 113 Å². The number of carbonyl (C=O) groups excluding carboxylic acids is 1. The number of Topliss-reactive ketones (excluding diaryl/α,β-unsaturated/α-hetero) is 1. The third kappa shape index (κ3) is 3.17. The highest BCUT2D eigenvalue weighted by molar-refractivity contribution is 9.10. The molecule has 1 heterocycles. The molecule has 4 heteroatoms. The molecular weight excluding hydrogens is 298 g/mol. The fourth-order valence-electron chi connectivity index (χ4n) is 1.30. The minimum atomic E-state index is -0.0116. The first-order valence-corrected chi connectivity index (χ1v) is 6.67. The summed E-state index contributed by atoms with van der Waals surface area (Å²) in [5.41, 5.74) is 0.501. The molecule has 2 nitrogen and oxygen atoms in total. The van der Waals surface area contributed by atoms with Crippen LogP contribution in [-0.4, -0.2) is 10.8 Å². The van der Waals surface area contributed by atoms with Crippen LogP contribution in [-0.2, 0) is 0 Å². The van der Waals surface area contributed by atoms with Crippen molar-refractivity contribution >= 4 is 33.5 Å². The van der Waals surface area contributed by atoms with Gasteiger partial charge in [0.15, 0.2) is 5.78 Å². The van der Waals surface area contributed by atoms with Crippen molar-refractivity contribution in [1.29, 1.82) is 0 Å². The minimum absolute atomic E-state index is 0.0116. The van der Waals surface area contributed by atoms with Gasteiger partial charge in [0.2, 0.25) is 0 Å². The van der Waals surface area contributed by atoms with Gasteiger partial charge in [-0.3, -0.25) is 9.78 Å². The van der Waals surface area contributed by atoms with Crippen LogP contribution in [0, 0.1) is 0 Å². The highest BCUT2D eigenvalue weighted by atomic mass is 79.9. The molecule has 1 aromatic carbocycles. The molecule has 17 heavy (non-hydrogen) atoms. The Kier molecular flexibility index (Phi) is 3.97. The first-order chi connectivity index (χ1) is 8.16. The predicted molar refractivity (Wildman–Crippen MR) is 72.5 cm³/mol. The summed E-state index contributed by atoms with van der Waals surface area (Å²) < 4.78 is 1.06. The molecule has 0 saturated heterocycles. The third-order valence-electron chi connectivity index (χ3n) is 2.16. The molecule has 0 fully saturated rings. The van der Waals surface area contributed by atoms with Gasteiger partial charge in [0.1, 0.15) is 5.69 Å². The molecular formula is C13H10BrNOS. The molecule has 0 bridgehead atoms. The lowest BCUT2D eigenvalue weighted by molar-refractivity contribution is 0.101. The van der Waals surface area contributed by atoms with Crippen LogP contribution in [0.15, 0.2) is 56.9 Å². The normalized spacial score (nSPS) is 10.2. The fourth-order valence-corrected chi connectivity index (χ4v) is 2.64. The van der Waals surface area contributed by atoms with Crippen molar-refractivity contribution in [2.45, 2.75) is 16.7 Å². The van der Waals surface area contributed by atoms with Gasteiger partial charge in [-0.2, -0.15) is 0 Å². The maximum Gasteiger partial charge on any atom is 0.178 e. The summed E-state index contributed by atoms with van der Waals surface area (Å²) >= 11 is 5.11. The summed E-state index contributed by atoms with van der Waals surface area (Å²) in [7, 11) is 0. The predicted octanol–water partition coefficient (Wildman–Crippen LogP) is 4.20. The zero-order valence-corrected chi connectivity index (χ0v) is 11.6. The molecule has 0 aliphatic rings. The van der Waals surface area contributed by atoms with Crippen LogP contribution < -0.4 is 0 Å². The van der Waals surface area contributed by atoms with Crippen molar-refractivity contribution in [2.75, 3.05) is 0 Å². The van der Waals surface area contributed by atoms with E-state index in [1.807, 2.05) is 30.3 Å². The zero-order chi connectivity index (χ0) is 12.3. The second-order valence-corrected chi connectivity index (χ2v) is 5.44. The van der Waals surface area contributed by atoms with Crippen molar-refractivity contribution in [3.63, 3.8) is 0 Å². The van der Waals surface area contributed by atoms with Gasteiger partial charge in [-0.05, 0) is 40.2 Å². The first-order valence-electron chi connectivity index (χ1n) is 5.06. The van der Waals surface area contributed by atoms with Crippen LogP contribution in [0.25, 0.3) is 0 Å². The number of ketones is 1. The van der Waals surface area contributed by atoms with Crippen LogP contribution in [0.5, 0.6) is 0 Å². The molecule has 1 aromatic heterocycles. The number of hydrogen-bond donors (Lipinski definition) is 0. The van der Waals surface area contributed by atoms with Gasteiger partial charge in [0.05, 0.1) is 0 Å². The van der Waals surface area contributed by atoms with Crippen molar-refractivity contribution in [1.82, 2.24) is 4.98 Å². The summed E-state index contributed by atoms with van der Waals surface area (Å²) in [5.74, 6) is -0.0116. The van der Waals surface area contributed by atoms with E-state index in [1.165, 1.54) is 6.92 Å². The number of halogens is 1.